The van der Waals surface area contributed by atoms with Gasteiger partial charge in [0.15, 0.2) is 0 Å². The second-order valence-electron chi connectivity index (χ2n) is 5.38. The minimum Gasteiger partial charge on any atom is -0.478 e. The van der Waals surface area contributed by atoms with Crippen LogP contribution in [0.4, 0.5) is 0 Å². The molecule has 1 fully saturated rings. The number of sulfonamides is 1. The lowest BCUT2D eigenvalue weighted by molar-refractivity contribution is 0.0320. The topological polar surface area (TPSA) is 68.7 Å². The van der Waals surface area contributed by atoms with E-state index in [4.69, 9.17) is 9.47 Å². The Hall–Kier alpha value is -1.96. The third-order valence-corrected chi connectivity index (χ3v) is 5.76. The Bertz CT molecular complexity index is 763. The summed E-state index contributed by atoms with van der Waals surface area (Å²) in [6.45, 7) is 3.37. The zero-order valence-electron chi connectivity index (χ0n) is 13.5. The second-order valence-corrected chi connectivity index (χ2v) is 7.27. The van der Waals surface area contributed by atoms with E-state index >= 15 is 0 Å². The number of morpholine rings is 1. The van der Waals surface area contributed by atoms with Crippen LogP contribution >= 0.6 is 0 Å². The Kier molecular flexibility index (Phi) is 5.13. The molecule has 0 radical (unpaired) electrons. The summed E-state index contributed by atoms with van der Waals surface area (Å²) in [5, 5.41) is 0. The van der Waals surface area contributed by atoms with Gasteiger partial charge < -0.3 is 9.47 Å². The van der Waals surface area contributed by atoms with E-state index in [-0.39, 0.29) is 10.9 Å². The standard InChI is InChI=1S/C17H20N2O4S/c1-2-23-17-9-8-15(12-18-17)24(20,21)19-10-11-22-13-16(19)14-6-4-3-5-7-14/h3-9,12,16H,2,10-11,13H2,1H3/t16-/m1/s1. The minimum absolute atomic E-state index is 0.161. The number of hydrogen-bond donors (Lipinski definition) is 0. The van der Waals surface area contributed by atoms with E-state index in [1.807, 2.05) is 37.3 Å². The average molecular weight is 348 g/mol. The van der Waals surface area contributed by atoms with Crippen molar-refractivity contribution in [3.8, 4) is 5.88 Å². The summed E-state index contributed by atoms with van der Waals surface area (Å²) in [5.41, 5.74) is 0.916. The van der Waals surface area contributed by atoms with Gasteiger partial charge in [-0.25, -0.2) is 13.4 Å². The lowest BCUT2D eigenvalue weighted by atomic mass is 10.1. The van der Waals surface area contributed by atoms with Gasteiger partial charge in [0, 0.05) is 12.6 Å². The molecule has 24 heavy (non-hydrogen) atoms. The molecule has 7 heteroatoms. The number of ether oxygens (including phenoxy) is 2. The molecular weight excluding hydrogens is 328 g/mol. The van der Waals surface area contributed by atoms with Gasteiger partial charge in [-0.05, 0) is 18.6 Å². The van der Waals surface area contributed by atoms with Crippen molar-refractivity contribution >= 4 is 10.0 Å². The number of aromatic nitrogens is 1. The smallest absolute Gasteiger partial charge is 0.245 e. The molecule has 6 nitrogen and oxygen atoms in total. The molecule has 2 aromatic rings. The summed E-state index contributed by atoms with van der Waals surface area (Å²) in [6.07, 6.45) is 1.35. The molecule has 128 valence electrons. The third-order valence-electron chi connectivity index (χ3n) is 3.87. The molecule has 0 bridgehead atoms. The molecule has 0 spiro atoms. The van der Waals surface area contributed by atoms with Gasteiger partial charge in [0.2, 0.25) is 15.9 Å². The first-order valence-electron chi connectivity index (χ1n) is 7.86. The maximum Gasteiger partial charge on any atom is 0.245 e. The molecule has 2 heterocycles. The van der Waals surface area contributed by atoms with Crippen LogP contribution in [0.3, 0.4) is 0 Å². The van der Waals surface area contributed by atoms with E-state index in [9.17, 15) is 8.42 Å². The van der Waals surface area contributed by atoms with Crippen molar-refractivity contribution in [2.24, 2.45) is 0 Å². The number of rotatable bonds is 5. The van der Waals surface area contributed by atoms with Crippen molar-refractivity contribution in [2.45, 2.75) is 17.9 Å². The highest BCUT2D eigenvalue weighted by molar-refractivity contribution is 7.89. The van der Waals surface area contributed by atoms with Gasteiger partial charge in [0.25, 0.3) is 0 Å². The average Bonchev–Trinajstić information content (AvgIpc) is 2.63. The first-order chi connectivity index (χ1) is 11.6. The zero-order chi connectivity index (χ0) is 17.0. The van der Waals surface area contributed by atoms with Crippen molar-refractivity contribution in [2.75, 3.05) is 26.4 Å². The predicted octanol–water partition coefficient (Wildman–Crippen LogP) is 2.24. The van der Waals surface area contributed by atoms with Crippen LogP contribution in [0.1, 0.15) is 18.5 Å². The fourth-order valence-electron chi connectivity index (χ4n) is 2.70. The lowest BCUT2D eigenvalue weighted by Gasteiger charge is -2.34. The van der Waals surface area contributed by atoms with Crippen LogP contribution in [0.2, 0.25) is 0 Å². The van der Waals surface area contributed by atoms with Crippen molar-refractivity contribution in [1.82, 2.24) is 9.29 Å². The largest absolute Gasteiger partial charge is 0.478 e. The van der Waals surface area contributed by atoms with Gasteiger partial charge in [-0.3, -0.25) is 0 Å². The molecule has 1 aromatic carbocycles. The Labute approximate surface area is 142 Å². The van der Waals surface area contributed by atoms with Crippen LogP contribution < -0.4 is 4.74 Å². The summed E-state index contributed by atoms with van der Waals surface area (Å²) in [6, 6.07) is 12.3. The van der Waals surface area contributed by atoms with Crippen LogP contribution in [0.25, 0.3) is 0 Å². The number of hydrogen-bond acceptors (Lipinski definition) is 5. The summed E-state index contributed by atoms with van der Waals surface area (Å²) < 4.78 is 38.3. The SMILES string of the molecule is CCOc1ccc(S(=O)(=O)N2CCOC[C@@H]2c2ccccc2)cn1. The number of nitrogens with zero attached hydrogens (tertiary/aromatic N) is 2. The van der Waals surface area contributed by atoms with E-state index in [2.05, 4.69) is 4.98 Å². The normalized spacial score (nSPS) is 19.1. The molecule has 1 aliphatic heterocycles. The second kappa shape index (κ2) is 7.29. The molecule has 0 unspecified atom stereocenters. The zero-order valence-corrected chi connectivity index (χ0v) is 14.3. The fourth-order valence-corrected chi connectivity index (χ4v) is 4.23. The first kappa shape index (κ1) is 16.9. The Morgan fingerprint density at radius 1 is 1.25 bits per heavy atom. The van der Waals surface area contributed by atoms with Gasteiger partial charge in [-0.15, -0.1) is 0 Å². The first-order valence-corrected chi connectivity index (χ1v) is 9.30. The van der Waals surface area contributed by atoms with Crippen LogP contribution in [0.5, 0.6) is 5.88 Å². The van der Waals surface area contributed by atoms with Crippen molar-refractivity contribution < 1.29 is 17.9 Å². The highest BCUT2D eigenvalue weighted by Crippen LogP contribution is 2.30. The van der Waals surface area contributed by atoms with E-state index in [0.29, 0.717) is 32.2 Å². The number of pyridine rings is 1. The summed E-state index contributed by atoms with van der Waals surface area (Å²) in [7, 11) is -3.66. The minimum atomic E-state index is -3.66. The van der Waals surface area contributed by atoms with Gasteiger partial charge >= 0.3 is 0 Å². The Morgan fingerprint density at radius 3 is 2.71 bits per heavy atom. The highest BCUT2D eigenvalue weighted by Gasteiger charge is 2.35. The Balaban J connectivity index is 1.91. The molecule has 1 saturated heterocycles. The Morgan fingerprint density at radius 2 is 2.04 bits per heavy atom. The number of benzene rings is 1. The summed E-state index contributed by atoms with van der Waals surface area (Å²) in [4.78, 5) is 4.23. The van der Waals surface area contributed by atoms with Gasteiger partial charge in [0.05, 0.1) is 32.1 Å². The van der Waals surface area contributed by atoms with Crippen LogP contribution in [0, 0.1) is 0 Å². The third kappa shape index (κ3) is 3.43. The molecule has 0 aliphatic carbocycles. The molecule has 0 saturated carbocycles. The molecular formula is C17H20N2O4S. The molecule has 1 atom stereocenters. The van der Waals surface area contributed by atoms with E-state index in [1.54, 1.807) is 6.07 Å². The molecule has 1 aliphatic rings. The fraction of sp³-hybridized carbons (Fsp3) is 0.353. The van der Waals surface area contributed by atoms with Crippen LogP contribution in [0.15, 0.2) is 53.6 Å². The van der Waals surface area contributed by atoms with Gasteiger partial charge in [-0.2, -0.15) is 4.31 Å². The van der Waals surface area contributed by atoms with Gasteiger partial charge in [0.1, 0.15) is 4.90 Å². The summed E-state index contributed by atoms with van der Waals surface area (Å²) in [5.74, 6) is 0.415. The van der Waals surface area contributed by atoms with Crippen molar-refractivity contribution in [1.29, 1.82) is 0 Å². The quantitative estimate of drug-likeness (QED) is 0.829. The lowest BCUT2D eigenvalue weighted by Crippen LogP contribution is -2.43. The van der Waals surface area contributed by atoms with Crippen molar-refractivity contribution in [3.05, 3.63) is 54.2 Å². The maximum atomic E-state index is 13.0. The maximum absolute atomic E-state index is 13.0. The van der Waals surface area contributed by atoms with Crippen molar-refractivity contribution in [3.63, 3.8) is 0 Å². The van der Waals surface area contributed by atoms with E-state index in [0.717, 1.165) is 5.56 Å². The highest BCUT2D eigenvalue weighted by atomic mass is 32.2. The summed E-state index contributed by atoms with van der Waals surface area (Å²) >= 11 is 0. The molecule has 0 N–H and O–H groups in total. The van der Waals surface area contributed by atoms with E-state index < -0.39 is 10.0 Å². The van der Waals surface area contributed by atoms with E-state index in [1.165, 1.54) is 16.6 Å². The molecule has 0 amide bonds. The molecule has 3 rings (SSSR count). The molecule has 1 aromatic heterocycles. The predicted molar refractivity (Wildman–Crippen MR) is 89.3 cm³/mol. The monoisotopic (exact) mass is 348 g/mol. The van der Waals surface area contributed by atoms with Crippen LogP contribution in [-0.2, 0) is 14.8 Å². The van der Waals surface area contributed by atoms with Crippen LogP contribution in [-0.4, -0.2) is 44.1 Å². The van der Waals surface area contributed by atoms with Gasteiger partial charge in [-0.1, -0.05) is 30.3 Å².